The number of aryl methyl sites for hydroxylation is 1. The van der Waals surface area contributed by atoms with Gasteiger partial charge in [0, 0.05) is 18.2 Å². The van der Waals surface area contributed by atoms with E-state index in [-0.39, 0.29) is 6.61 Å². The van der Waals surface area contributed by atoms with Gasteiger partial charge in [0.2, 0.25) is 0 Å². The van der Waals surface area contributed by atoms with Crippen LogP contribution >= 0.6 is 0 Å². The van der Waals surface area contributed by atoms with Crippen LogP contribution in [0.2, 0.25) is 0 Å². The lowest BCUT2D eigenvalue weighted by molar-refractivity contribution is 0.368. The lowest BCUT2D eigenvalue weighted by atomic mass is 10.1. The molecular formula is C16H18N2O2. The molecule has 0 bridgehead atoms. The Morgan fingerprint density at radius 2 is 2.10 bits per heavy atom. The molecule has 0 radical (unpaired) electrons. The van der Waals surface area contributed by atoms with E-state index in [4.69, 9.17) is 14.4 Å². The van der Waals surface area contributed by atoms with E-state index in [0.29, 0.717) is 11.8 Å². The molecule has 0 aliphatic heterocycles. The van der Waals surface area contributed by atoms with E-state index >= 15 is 0 Å². The van der Waals surface area contributed by atoms with Gasteiger partial charge in [-0.15, -0.1) is 0 Å². The molecule has 0 saturated heterocycles. The minimum absolute atomic E-state index is 0.0757. The molecular weight excluding hydrogens is 252 g/mol. The number of hydrogen-bond donors (Lipinski definition) is 1. The van der Waals surface area contributed by atoms with Gasteiger partial charge in [-0.05, 0) is 49.7 Å². The van der Waals surface area contributed by atoms with Crippen LogP contribution in [-0.4, -0.2) is 12.6 Å². The van der Waals surface area contributed by atoms with Gasteiger partial charge >= 0.3 is 0 Å². The molecule has 1 aromatic carbocycles. The fourth-order valence-electron chi connectivity index (χ4n) is 1.93. The molecule has 0 amide bonds. The number of benzene rings is 1. The third-order valence-corrected chi connectivity index (χ3v) is 2.97. The van der Waals surface area contributed by atoms with E-state index in [0.717, 1.165) is 24.3 Å². The zero-order chi connectivity index (χ0) is 14.2. The fraction of sp³-hybridized carbons (Fsp3) is 0.312. The molecule has 0 saturated carbocycles. The number of ether oxygens (including phenoxy) is 1. The Morgan fingerprint density at radius 3 is 2.75 bits per heavy atom. The minimum atomic E-state index is 0.0757. The highest BCUT2D eigenvalue weighted by Crippen LogP contribution is 2.17. The number of nitrogens with one attached hydrogen (secondary N) is 1. The van der Waals surface area contributed by atoms with Gasteiger partial charge < -0.3 is 14.5 Å². The molecule has 0 aliphatic carbocycles. The summed E-state index contributed by atoms with van der Waals surface area (Å²) in [6.07, 6.45) is 3.62. The van der Waals surface area contributed by atoms with Crippen LogP contribution in [0.15, 0.2) is 47.1 Å². The lowest BCUT2D eigenvalue weighted by Crippen LogP contribution is -2.15. The molecule has 1 unspecified atom stereocenters. The van der Waals surface area contributed by atoms with Crippen molar-refractivity contribution in [3.8, 4) is 11.8 Å². The van der Waals surface area contributed by atoms with Crippen LogP contribution in [0.1, 0.15) is 19.1 Å². The van der Waals surface area contributed by atoms with Crippen molar-refractivity contribution in [3.05, 3.63) is 48.4 Å². The van der Waals surface area contributed by atoms with Crippen LogP contribution in [0, 0.1) is 11.3 Å². The molecule has 4 heteroatoms. The van der Waals surface area contributed by atoms with Crippen molar-refractivity contribution in [2.75, 3.05) is 11.9 Å². The van der Waals surface area contributed by atoms with Crippen LogP contribution in [0.5, 0.6) is 5.75 Å². The monoisotopic (exact) mass is 270 g/mol. The molecule has 104 valence electrons. The van der Waals surface area contributed by atoms with E-state index in [9.17, 15) is 0 Å². The van der Waals surface area contributed by atoms with Crippen molar-refractivity contribution < 1.29 is 9.15 Å². The SMILES string of the molecule is CC(CCc1ccco1)Nc1ccc(OCC#N)cc1. The smallest absolute Gasteiger partial charge is 0.174 e. The van der Waals surface area contributed by atoms with Crippen molar-refractivity contribution in [1.82, 2.24) is 0 Å². The van der Waals surface area contributed by atoms with E-state index < -0.39 is 0 Å². The maximum absolute atomic E-state index is 8.44. The summed E-state index contributed by atoms with van der Waals surface area (Å²) >= 11 is 0. The van der Waals surface area contributed by atoms with Crippen LogP contribution < -0.4 is 10.1 Å². The summed E-state index contributed by atoms with van der Waals surface area (Å²) in [7, 11) is 0. The molecule has 1 atom stereocenters. The maximum atomic E-state index is 8.44. The maximum Gasteiger partial charge on any atom is 0.174 e. The molecule has 2 aromatic rings. The highest BCUT2D eigenvalue weighted by Gasteiger charge is 2.04. The number of anilines is 1. The molecule has 0 fully saturated rings. The fourth-order valence-corrected chi connectivity index (χ4v) is 1.93. The predicted molar refractivity (Wildman–Crippen MR) is 77.7 cm³/mol. The quantitative estimate of drug-likeness (QED) is 0.835. The molecule has 2 rings (SSSR count). The minimum Gasteiger partial charge on any atom is -0.479 e. The summed E-state index contributed by atoms with van der Waals surface area (Å²) in [4.78, 5) is 0. The third-order valence-electron chi connectivity index (χ3n) is 2.97. The van der Waals surface area contributed by atoms with Gasteiger partial charge in [-0.25, -0.2) is 0 Å². The molecule has 0 aliphatic rings. The van der Waals surface area contributed by atoms with E-state index in [1.165, 1.54) is 0 Å². The summed E-state index contributed by atoms with van der Waals surface area (Å²) in [5.74, 6) is 1.72. The summed E-state index contributed by atoms with van der Waals surface area (Å²) in [6, 6.07) is 13.8. The molecule has 4 nitrogen and oxygen atoms in total. The number of rotatable bonds is 7. The van der Waals surface area contributed by atoms with Gasteiger partial charge in [0.1, 0.15) is 17.6 Å². The topological polar surface area (TPSA) is 58.2 Å². The van der Waals surface area contributed by atoms with E-state index in [2.05, 4.69) is 12.2 Å². The van der Waals surface area contributed by atoms with Crippen molar-refractivity contribution in [3.63, 3.8) is 0 Å². The Balaban J connectivity index is 1.78. The predicted octanol–water partition coefficient (Wildman–Crippen LogP) is 3.62. The van der Waals surface area contributed by atoms with Gasteiger partial charge in [-0.3, -0.25) is 0 Å². The second-order valence-corrected chi connectivity index (χ2v) is 4.63. The molecule has 1 aromatic heterocycles. The number of nitriles is 1. The van der Waals surface area contributed by atoms with Crippen molar-refractivity contribution in [1.29, 1.82) is 5.26 Å². The third kappa shape index (κ3) is 4.36. The Labute approximate surface area is 119 Å². The Kier molecular flexibility index (Phi) is 5.08. The molecule has 0 spiro atoms. The first kappa shape index (κ1) is 14.0. The van der Waals surface area contributed by atoms with Crippen molar-refractivity contribution in [2.24, 2.45) is 0 Å². The Morgan fingerprint density at radius 1 is 1.30 bits per heavy atom. The second kappa shape index (κ2) is 7.25. The Hall–Kier alpha value is -2.41. The summed E-state index contributed by atoms with van der Waals surface area (Å²) < 4.78 is 10.5. The van der Waals surface area contributed by atoms with E-state index in [1.54, 1.807) is 6.26 Å². The number of nitrogens with zero attached hydrogens (tertiary/aromatic N) is 1. The van der Waals surface area contributed by atoms with Crippen LogP contribution in [0.3, 0.4) is 0 Å². The Bertz CT molecular complexity index is 541. The molecule has 1 N–H and O–H groups in total. The summed E-state index contributed by atoms with van der Waals surface area (Å²) in [6.45, 7) is 2.22. The van der Waals surface area contributed by atoms with Crippen molar-refractivity contribution >= 4 is 5.69 Å². The molecule has 20 heavy (non-hydrogen) atoms. The lowest BCUT2D eigenvalue weighted by Gasteiger charge is -2.15. The zero-order valence-electron chi connectivity index (χ0n) is 11.5. The van der Waals surface area contributed by atoms with Gasteiger partial charge in [0.15, 0.2) is 6.61 Å². The second-order valence-electron chi connectivity index (χ2n) is 4.63. The average molecular weight is 270 g/mol. The van der Waals surface area contributed by atoms with Crippen LogP contribution in [0.25, 0.3) is 0 Å². The zero-order valence-corrected chi connectivity index (χ0v) is 11.5. The highest BCUT2D eigenvalue weighted by atomic mass is 16.5. The largest absolute Gasteiger partial charge is 0.479 e. The van der Waals surface area contributed by atoms with Crippen LogP contribution in [0.4, 0.5) is 5.69 Å². The first-order valence-electron chi connectivity index (χ1n) is 6.66. The average Bonchev–Trinajstić information content (AvgIpc) is 2.98. The summed E-state index contributed by atoms with van der Waals surface area (Å²) in [5.41, 5.74) is 1.04. The normalized spacial score (nSPS) is 11.6. The van der Waals surface area contributed by atoms with Gasteiger partial charge in [0.05, 0.1) is 6.26 Å². The number of furan rings is 1. The van der Waals surface area contributed by atoms with Gasteiger partial charge in [0.25, 0.3) is 0 Å². The summed E-state index contributed by atoms with van der Waals surface area (Å²) in [5, 5.41) is 11.9. The molecule has 1 heterocycles. The first-order valence-corrected chi connectivity index (χ1v) is 6.66. The van der Waals surface area contributed by atoms with Crippen molar-refractivity contribution in [2.45, 2.75) is 25.8 Å². The first-order chi connectivity index (χ1) is 9.78. The van der Waals surface area contributed by atoms with Crippen LogP contribution in [-0.2, 0) is 6.42 Å². The van der Waals surface area contributed by atoms with Gasteiger partial charge in [-0.1, -0.05) is 0 Å². The van der Waals surface area contributed by atoms with E-state index in [1.807, 2.05) is 42.5 Å². The van der Waals surface area contributed by atoms with Gasteiger partial charge in [-0.2, -0.15) is 5.26 Å². The standard InChI is InChI=1S/C16H18N2O2/c1-13(4-7-15-3-2-11-19-15)18-14-5-8-16(9-6-14)20-12-10-17/h2-3,5-6,8-9,11,13,18H,4,7,12H2,1H3. The number of hydrogen-bond acceptors (Lipinski definition) is 4. The highest BCUT2D eigenvalue weighted by molar-refractivity contribution is 5.47.